The highest BCUT2D eigenvalue weighted by Gasteiger charge is 2.48. The second kappa shape index (κ2) is 8.14. The van der Waals surface area contributed by atoms with Crippen molar-refractivity contribution in [2.45, 2.75) is 26.8 Å². The van der Waals surface area contributed by atoms with Gasteiger partial charge in [0.25, 0.3) is 11.7 Å². The van der Waals surface area contributed by atoms with E-state index in [2.05, 4.69) is 0 Å². The number of amides is 1. The Kier molecular flexibility index (Phi) is 5.38. The molecule has 1 aromatic heterocycles. The van der Waals surface area contributed by atoms with Gasteiger partial charge >= 0.3 is 0 Å². The van der Waals surface area contributed by atoms with E-state index < -0.39 is 17.7 Å². The summed E-state index contributed by atoms with van der Waals surface area (Å²) in [7, 11) is 0. The molecule has 1 aliphatic rings. The first-order valence-corrected chi connectivity index (χ1v) is 10.1. The molecule has 0 saturated carbocycles. The number of hydrogen-bond acceptors (Lipinski definition) is 5. The Balaban J connectivity index is 1.89. The van der Waals surface area contributed by atoms with Crippen LogP contribution in [0.25, 0.3) is 5.76 Å². The van der Waals surface area contributed by atoms with E-state index in [1.807, 2.05) is 32.9 Å². The first kappa shape index (κ1) is 20.5. The van der Waals surface area contributed by atoms with Gasteiger partial charge in [0.15, 0.2) is 0 Å². The third-order valence-corrected chi connectivity index (χ3v) is 5.53. The van der Waals surface area contributed by atoms with Crippen LogP contribution in [0.5, 0.6) is 5.75 Å². The van der Waals surface area contributed by atoms with Crippen LogP contribution in [0, 0.1) is 13.8 Å². The van der Waals surface area contributed by atoms with Gasteiger partial charge in [0.1, 0.15) is 23.3 Å². The smallest absolute Gasteiger partial charge is 0.300 e. The van der Waals surface area contributed by atoms with E-state index in [1.165, 1.54) is 11.2 Å². The van der Waals surface area contributed by atoms with E-state index >= 15 is 0 Å². The number of rotatable bonds is 5. The molecule has 0 bridgehead atoms. The van der Waals surface area contributed by atoms with Crippen LogP contribution in [0.2, 0.25) is 0 Å². The second-order valence-corrected chi connectivity index (χ2v) is 7.36. The molecule has 2 heterocycles. The molecular formula is C25H23NO5. The molecule has 4 rings (SSSR count). The van der Waals surface area contributed by atoms with Gasteiger partial charge in [-0.15, -0.1) is 0 Å². The molecular weight excluding hydrogens is 394 g/mol. The van der Waals surface area contributed by atoms with E-state index in [9.17, 15) is 14.7 Å². The summed E-state index contributed by atoms with van der Waals surface area (Å²) < 4.78 is 11.0. The Morgan fingerprint density at radius 3 is 2.45 bits per heavy atom. The largest absolute Gasteiger partial charge is 0.507 e. The molecule has 6 heteroatoms. The fourth-order valence-corrected chi connectivity index (χ4v) is 3.82. The van der Waals surface area contributed by atoms with Gasteiger partial charge in [0, 0.05) is 11.3 Å². The van der Waals surface area contributed by atoms with Gasteiger partial charge in [-0.05, 0) is 74.4 Å². The van der Waals surface area contributed by atoms with Crippen molar-refractivity contribution in [3.05, 3.63) is 88.9 Å². The number of benzene rings is 2. The molecule has 1 saturated heterocycles. The molecule has 2 aromatic carbocycles. The number of anilines is 1. The van der Waals surface area contributed by atoms with Gasteiger partial charge in [0.2, 0.25) is 0 Å². The number of ether oxygens (including phenoxy) is 1. The fourth-order valence-electron chi connectivity index (χ4n) is 3.82. The quantitative estimate of drug-likeness (QED) is 0.362. The lowest BCUT2D eigenvalue weighted by Crippen LogP contribution is -2.30. The average Bonchev–Trinajstić information content (AvgIpc) is 3.38. The molecule has 0 aliphatic carbocycles. The number of ketones is 1. The van der Waals surface area contributed by atoms with Crippen molar-refractivity contribution >= 4 is 23.1 Å². The molecule has 6 nitrogen and oxygen atoms in total. The number of hydrogen-bond donors (Lipinski definition) is 1. The highest BCUT2D eigenvalue weighted by atomic mass is 16.5. The van der Waals surface area contributed by atoms with Gasteiger partial charge in [-0.1, -0.05) is 12.1 Å². The lowest BCUT2D eigenvalue weighted by Gasteiger charge is -2.25. The maximum Gasteiger partial charge on any atom is 0.300 e. The summed E-state index contributed by atoms with van der Waals surface area (Å²) in [5.74, 6) is -0.669. The summed E-state index contributed by atoms with van der Waals surface area (Å²) in [4.78, 5) is 27.6. The SMILES string of the molecule is CCOc1ccc(/C(O)=C2/C(=O)C(=O)N(c3cccc(C)c3C)C2c2ccco2)cc1. The minimum atomic E-state index is -0.873. The molecule has 0 radical (unpaired) electrons. The topological polar surface area (TPSA) is 80.0 Å². The van der Waals surface area contributed by atoms with Crippen LogP contribution >= 0.6 is 0 Å². The number of Topliss-reactive ketones (excluding diaryl/α,β-unsaturated/α-hetero) is 1. The van der Waals surface area contributed by atoms with Gasteiger partial charge in [-0.25, -0.2) is 0 Å². The van der Waals surface area contributed by atoms with Crippen molar-refractivity contribution < 1.29 is 23.8 Å². The number of furan rings is 1. The molecule has 158 valence electrons. The number of aliphatic hydroxyl groups excluding tert-OH is 1. The van der Waals surface area contributed by atoms with Gasteiger partial charge in [-0.3, -0.25) is 14.5 Å². The summed E-state index contributed by atoms with van der Waals surface area (Å²) >= 11 is 0. The summed E-state index contributed by atoms with van der Waals surface area (Å²) in [5, 5.41) is 11.1. The zero-order valence-corrected chi connectivity index (χ0v) is 17.6. The number of carbonyl (C=O) groups excluding carboxylic acids is 2. The van der Waals surface area contributed by atoms with E-state index in [4.69, 9.17) is 9.15 Å². The van der Waals surface area contributed by atoms with Crippen molar-refractivity contribution in [2.24, 2.45) is 0 Å². The van der Waals surface area contributed by atoms with Crippen LogP contribution in [0.4, 0.5) is 5.69 Å². The Labute approximate surface area is 180 Å². The van der Waals surface area contributed by atoms with E-state index in [0.717, 1.165) is 11.1 Å². The molecule has 0 spiro atoms. The van der Waals surface area contributed by atoms with Crippen molar-refractivity contribution in [3.63, 3.8) is 0 Å². The second-order valence-electron chi connectivity index (χ2n) is 7.36. The highest BCUT2D eigenvalue weighted by molar-refractivity contribution is 6.51. The van der Waals surface area contributed by atoms with Gasteiger partial charge < -0.3 is 14.3 Å². The van der Waals surface area contributed by atoms with Crippen LogP contribution in [-0.4, -0.2) is 23.4 Å². The molecule has 1 unspecified atom stereocenters. The number of carbonyl (C=O) groups is 2. The Morgan fingerprint density at radius 1 is 1.06 bits per heavy atom. The normalized spacial score (nSPS) is 17.9. The molecule has 1 atom stereocenters. The standard InChI is InChI=1S/C25H23NO5/c1-4-30-18-12-10-17(11-13-18)23(27)21-22(20-9-6-14-31-20)26(25(29)24(21)28)19-8-5-7-15(2)16(19)3/h5-14,22,27H,4H2,1-3H3/b23-21-. The summed E-state index contributed by atoms with van der Waals surface area (Å²) in [5.41, 5.74) is 2.88. The molecule has 31 heavy (non-hydrogen) atoms. The van der Waals surface area contributed by atoms with Gasteiger partial charge in [-0.2, -0.15) is 0 Å². The van der Waals surface area contributed by atoms with Gasteiger partial charge in [0.05, 0.1) is 18.4 Å². The van der Waals surface area contributed by atoms with Crippen LogP contribution in [0.15, 0.2) is 70.9 Å². The lowest BCUT2D eigenvalue weighted by molar-refractivity contribution is -0.132. The zero-order chi connectivity index (χ0) is 22.1. The van der Waals surface area contributed by atoms with Crippen molar-refractivity contribution in [3.8, 4) is 5.75 Å². The van der Waals surface area contributed by atoms with Crippen LogP contribution < -0.4 is 9.64 Å². The molecule has 1 fully saturated rings. The third kappa shape index (κ3) is 3.50. The molecule has 1 amide bonds. The predicted octanol–water partition coefficient (Wildman–Crippen LogP) is 4.92. The lowest BCUT2D eigenvalue weighted by atomic mass is 9.98. The summed E-state index contributed by atoms with van der Waals surface area (Å²) in [6.07, 6.45) is 1.48. The summed E-state index contributed by atoms with van der Waals surface area (Å²) in [6.45, 7) is 6.24. The number of nitrogens with zero attached hydrogens (tertiary/aromatic N) is 1. The first-order valence-electron chi connectivity index (χ1n) is 10.1. The minimum Gasteiger partial charge on any atom is -0.507 e. The zero-order valence-electron chi connectivity index (χ0n) is 17.6. The average molecular weight is 417 g/mol. The number of aryl methyl sites for hydroxylation is 1. The van der Waals surface area contributed by atoms with Crippen molar-refractivity contribution in [1.29, 1.82) is 0 Å². The third-order valence-electron chi connectivity index (χ3n) is 5.53. The Hall–Kier alpha value is -3.80. The molecule has 3 aromatic rings. The maximum absolute atomic E-state index is 13.1. The van der Waals surface area contributed by atoms with Crippen LogP contribution in [0.3, 0.4) is 0 Å². The highest BCUT2D eigenvalue weighted by Crippen LogP contribution is 2.43. The predicted molar refractivity (Wildman–Crippen MR) is 117 cm³/mol. The van der Waals surface area contributed by atoms with E-state index in [1.54, 1.807) is 42.5 Å². The maximum atomic E-state index is 13.1. The molecule has 1 N–H and O–H groups in total. The minimum absolute atomic E-state index is 0.00924. The van der Waals surface area contributed by atoms with Crippen LogP contribution in [-0.2, 0) is 9.59 Å². The van der Waals surface area contributed by atoms with E-state index in [0.29, 0.717) is 29.4 Å². The van der Waals surface area contributed by atoms with E-state index in [-0.39, 0.29) is 11.3 Å². The van der Waals surface area contributed by atoms with Crippen molar-refractivity contribution in [2.75, 3.05) is 11.5 Å². The Bertz CT molecular complexity index is 1160. The van der Waals surface area contributed by atoms with Crippen molar-refractivity contribution in [1.82, 2.24) is 0 Å². The Morgan fingerprint density at radius 2 is 1.81 bits per heavy atom. The summed E-state index contributed by atoms with van der Waals surface area (Å²) in [6, 6.07) is 14.8. The fraction of sp³-hybridized carbons (Fsp3) is 0.200. The molecule has 1 aliphatic heterocycles. The van der Waals surface area contributed by atoms with Crippen LogP contribution in [0.1, 0.15) is 35.4 Å². The number of aliphatic hydroxyl groups is 1. The first-order chi connectivity index (χ1) is 14.9. The monoisotopic (exact) mass is 417 g/mol.